The van der Waals surface area contributed by atoms with E-state index < -0.39 is 5.60 Å². The Kier molecular flexibility index (Phi) is 3.37. The van der Waals surface area contributed by atoms with E-state index in [2.05, 4.69) is 26.8 Å². The molecule has 0 aliphatic rings. The van der Waals surface area contributed by atoms with Crippen LogP contribution in [0.5, 0.6) is 0 Å². The van der Waals surface area contributed by atoms with E-state index in [0.717, 1.165) is 0 Å². The largest absolute Gasteiger partial charge is 0.386 e. The highest BCUT2D eigenvalue weighted by atomic mass is 16.3. The van der Waals surface area contributed by atoms with E-state index >= 15 is 0 Å². The molecule has 0 aromatic rings. The van der Waals surface area contributed by atoms with Gasteiger partial charge < -0.3 is 5.11 Å². The van der Waals surface area contributed by atoms with Crippen molar-refractivity contribution < 1.29 is 5.11 Å². The topological polar surface area (TPSA) is 20.2 Å². The number of allylic oxidation sites excluding steroid dienone is 1. The van der Waals surface area contributed by atoms with Crippen LogP contribution in [0.1, 0.15) is 48.5 Å². The molecule has 0 saturated carbocycles. The van der Waals surface area contributed by atoms with Crippen molar-refractivity contribution in [2.75, 3.05) is 0 Å². The van der Waals surface area contributed by atoms with Crippen molar-refractivity contribution in [3.8, 4) is 0 Å². The molecule has 0 aliphatic carbocycles. The zero-order valence-electron chi connectivity index (χ0n) is 10.1. The SMILES string of the molecule is CC(C)(C)/C=C/C(C)(O)C(C)(C)C. The van der Waals surface area contributed by atoms with Crippen molar-refractivity contribution >= 4 is 0 Å². The molecule has 1 N–H and O–H groups in total. The molecule has 1 unspecified atom stereocenters. The summed E-state index contributed by atoms with van der Waals surface area (Å²) in [5.74, 6) is 0. The standard InChI is InChI=1S/C12H24O/c1-10(2,3)8-9-12(7,13)11(4,5)6/h8-9,13H,1-7H3/b9-8+. The second kappa shape index (κ2) is 3.45. The van der Waals surface area contributed by atoms with Crippen molar-refractivity contribution in [1.29, 1.82) is 0 Å². The first-order valence-corrected chi connectivity index (χ1v) is 4.88. The van der Waals surface area contributed by atoms with E-state index in [1.165, 1.54) is 0 Å². The fraction of sp³-hybridized carbons (Fsp3) is 0.833. The van der Waals surface area contributed by atoms with Gasteiger partial charge in [0.2, 0.25) is 0 Å². The molecule has 0 spiro atoms. The van der Waals surface area contributed by atoms with Crippen LogP contribution in [-0.4, -0.2) is 10.7 Å². The highest BCUT2D eigenvalue weighted by Gasteiger charge is 2.32. The molecule has 0 aromatic heterocycles. The monoisotopic (exact) mass is 184 g/mol. The third-order valence-electron chi connectivity index (χ3n) is 2.43. The van der Waals surface area contributed by atoms with Crippen LogP contribution in [0, 0.1) is 10.8 Å². The van der Waals surface area contributed by atoms with Crippen LogP contribution in [0.4, 0.5) is 0 Å². The summed E-state index contributed by atoms with van der Waals surface area (Å²) in [6.45, 7) is 14.4. The summed E-state index contributed by atoms with van der Waals surface area (Å²) in [6, 6.07) is 0. The molecular formula is C12H24O. The highest BCUT2D eigenvalue weighted by molar-refractivity contribution is 5.07. The lowest BCUT2D eigenvalue weighted by Gasteiger charge is -2.35. The van der Waals surface area contributed by atoms with Crippen molar-refractivity contribution in [3.63, 3.8) is 0 Å². The Morgan fingerprint density at radius 2 is 1.15 bits per heavy atom. The van der Waals surface area contributed by atoms with Gasteiger partial charge in [-0.3, -0.25) is 0 Å². The first-order chi connectivity index (χ1) is 5.46. The molecule has 0 saturated heterocycles. The number of hydrogen-bond acceptors (Lipinski definition) is 1. The molecule has 0 aliphatic heterocycles. The molecule has 13 heavy (non-hydrogen) atoms. The minimum atomic E-state index is -0.736. The molecule has 1 heteroatoms. The number of hydrogen-bond donors (Lipinski definition) is 1. The fourth-order valence-electron chi connectivity index (χ4n) is 0.662. The van der Waals surface area contributed by atoms with E-state index in [4.69, 9.17) is 0 Å². The zero-order valence-corrected chi connectivity index (χ0v) is 10.1. The summed E-state index contributed by atoms with van der Waals surface area (Å²) in [7, 11) is 0. The lowest BCUT2D eigenvalue weighted by molar-refractivity contribution is 0.00292. The van der Waals surface area contributed by atoms with Gasteiger partial charge in [0, 0.05) is 0 Å². The molecular weight excluding hydrogens is 160 g/mol. The van der Waals surface area contributed by atoms with Crippen LogP contribution in [0.25, 0.3) is 0 Å². The zero-order chi connectivity index (χ0) is 10.9. The Morgan fingerprint density at radius 3 is 1.38 bits per heavy atom. The van der Waals surface area contributed by atoms with E-state index in [1.54, 1.807) is 0 Å². The summed E-state index contributed by atoms with van der Waals surface area (Å²) in [5, 5.41) is 10.1. The van der Waals surface area contributed by atoms with Crippen LogP contribution >= 0.6 is 0 Å². The van der Waals surface area contributed by atoms with Gasteiger partial charge in [0.25, 0.3) is 0 Å². The maximum atomic E-state index is 10.1. The molecule has 0 bridgehead atoms. The normalized spacial score (nSPS) is 19.1. The third-order valence-corrected chi connectivity index (χ3v) is 2.43. The summed E-state index contributed by atoms with van der Waals surface area (Å²) in [6.07, 6.45) is 3.98. The van der Waals surface area contributed by atoms with E-state index in [0.29, 0.717) is 0 Å². The first kappa shape index (κ1) is 12.7. The molecule has 0 amide bonds. The van der Waals surface area contributed by atoms with Gasteiger partial charge in [0.05, 0.1) is 5.60 Å². The molecule has 0 aromatic carbocycles. The molecule has 0 rings (SSSR count). The lowest BCUT2D eigenvalue weighted by Crippen LogP contribution is -2.37. The van der Waals surface area contributed by atoms with Gasteiger partial charge in [-0.1, -0.05) is 53.7 Å². The fourth-order valence-corrected chi connectivity index (χ4v) is 0.662. The Morgan fingerprint density at radius 1 is 0.769 bits per heavy atom. The highest BCUT2D eigenvalue weighted by Crippen LogP contribution is 2.32. The number of aliphatic hydroxyl groups is 1. The molecule has 0 radical (unpaired) electrons. The quantitative estimate of drug-likeness (QED) is 0.619. The van der Waals surface area contributed by atoms with Crippen LogP contribution in [0.15, 0.2) is 12.2 Å². The summed E-state index contributed by atoms with van der Waals surface area (Å²) < 4.78 is 0. The maximum absolute atomic E-state index is 10.1. The molecule has 1 atom stereocenters. The van der Waals surface area contributed by atoms with Gasteiger partial charge in [-0.25, -0.2) is 0 Å². The third kappa shape index (κ3) is 4.47. The Labute approximate surface area is 82.9 Å². The summed E-state index contributed by atoms with van der Waals surface area (Å²) in [4.78, 5) is 0. The first-order valence-electron chi connectivity index (χ1n) is 4.88. The summed E-state index contributed by atoms with van der Waals surface area (Å²) >= 11 is 0. The van der Waals surface area contributed by atoms with E-state index in [9.17, 15) is 5.11 Å². The van der Waals surface area contributed by atoms with E-state index in [-0.39, 0.29) is 10.8 Å². The van der Waals surface area contributed by atoms with Gasteiger partial charge in [-0.05, 0) is 17.8 Å². The van der Waals surface area contributed by atoms with Crippen molar-refractivity contribution in [2.45, 2.75) is 54.1 Å². The molecule has 0 heterocycles. The molecule has 0 fully saturated rings. The molecule has 1 nitrogen and oxygen atoms in total. The second-order valence-electron chi connectivity index (χ2n) is 6.10. The Balaban J connectivity index is 4.62. The van der Waals surface area contributed by atoms with Crippen molar-refractivity contribution in [1.82, 2.24) is 0 Å². The predicted octanol–water partition coefficient (Wildman–Crippen LogP) is 3.39. The Bertz CT molecular complexity index is 186. The lowest BCUT2D eigenvalue weighted by atomic mass is 9.76. The predicted molar refractivity (Wildman–Crippen MR) is 58.7 cm³/mol. The molecule has 78 valence electrons. The van der Waals surface area contributed by atoms with Crippen LogP contribution < -0.4 is 0 Å². The smallest absolute Gasteiger partial charge is 0.0847 e. The maximum Gasteiger partial charge on any atom is 0.0847 e. The van der Waals surface area contributed by atoms with Gasteiger partial charge in [-0.15, -0.1) is 0 Å². The minimum absolute atomic E-state index is 0.116. The Hall–Kier alpha value is -0.300. The van der Waals surface area contributed by atoms with Crippen LogP contribution in [0.2, 0.25) is 0 Å². The number of rotatable bonds is 1. The summed E-state index contributed by atoms with van der Waals surface area (Å²) in [5.41, 5.74) is -0.718. The van der Waals surface area contributed by atoms with Gasteiger partial charge in [-0.2, -0.15) is 0 Å². The average Bonchev–Trinajstić information content (AvgIpc) is 1.79. The van der Waals surface area contributed by atoms with Crippen molar-refractivity contribution in [3.05, 3.63) is 12.2 Å². The van der Waals surface area contributed by atoms with Crippen LogP contribution in [0.3, 0.4) is 0 Å². The minimum Gasteiger partial charge on any atom is -0.386 e. The second-order valence-corrected chi connectivity index (χ2v) is 6.10. The van der Waals surface area contributed by atoms with Gasteiger partial charge in [0.15, 0.2) is 0 Å². The van der Waals surface area contributed by atoms with Gasteiger partial charge >= 0.3 is 0 Å². The van der Waals surface area contributed by atoms with Gasteiger partial charge in [0.1, 0.15) is 0 Å². The van der Waals surface area contributed by atoms with Crippen LogP contribution in [-0.2, 0) is 0 Å². The van der Waals surface area contributed by atoms with Crippen molar-refractivity contribution in [2.24, 2.45) is 10.8 Å². The van der Waals surface area contributed by atoms with E-state index in [1.807, 2.05) is 33.8 Å². The average molecular weight is 184 g/mol.